The summed E-state index contributed by atoms with van der Waals surface area (Å²) in [6, 6.07) is 4.39. The van der Waals surface area contributed by atoms with Crippen molar-refractivity contribution >= 4 is 0 Å². The minimum Gasteiger partial charge on any atom is -0.314 e. The molecule has 0 aliphatic heterocycles. The maximum Gasteiger partial charge on any atom is 0.129 e. The summed E-state index contributed by atoms with van der Waals surface area (Å²) in [4.78, 5) is 0. The van der Waals surface area contributed by atoms with E-state index in [1.54, 1.807) is 0 Å². The maximum atomic E-state index is 13.1. The van der Waals surface area contributed by atoms with Gasteiger partial charge in [0.2, 0.25) is 0 Å². The topological polar surface area (TPSA) is 12.0 Å². The van der Waals surface area contributed by atoms with Crippen molar-refractivity contribution in [1.82, 2.24) is 5.32 Å². The molecule has 0 bridgehead atoms. The highest BCUT2D eigenvalue weighted by Crippen LogP contribution is 2.18. The average Bonchev–Trinajstić information content (AvgIpc) is 2.92. The van der Waals surface area contributed by atoms with E-state index >= 15 is 0 Å². The third-order valence-electron chi connectivity index (χ3n) is 2.42. The van der Waals surface area contributed by atoms with Crippen molar-refractivity contribution in [3.63, 3.8) is 0 Å². The fraction of sp³-hybridized carbons (Fsp3) is 0.455. The lowest BCUT2D eigenvalue weighted by atomic mass is 10.1. The molecule has 0 heterocycles. The summed E-state index contributed by atoms with van der Waals surface area (Å²) in [7, 11) is 0. The number of rotatable bonds is 4. The van der Waals surface area contributed by atoms with Crippen LogP contribution in [0.3, 0.4) is 0 Å². The molecule has 1 aromatic carbocycles. The SMILES string of the molecule is Fc1ccc(CCNC2CC2)c(F)c1. The molecule has 0 atom stereocenters. The van der Waals surface area contributed by atoms with E-state index in [1.165, 1.54) is 25.0 Å². The van der Waals surface area contributed by atoms with Gasteiger partial charge in [0.1, 0.15) is 11.6 Å². The Labute approximate surface area is 82.1 Å². The minimum absolute atomic E-state index is 0.442. The van der Waals surface area contributed by atoms with Gasteiger partial charge in [-0.3, -0.25) is 0 Å². The molecular weight excluding hydrogens is 184 g/mol. The molecule has 76 valence electrons. The highest BCUT2D eigenvalue weighted by molar-refractivity contribution is 5.18. The van der Waals surface area contributed by atoms with Crippen molar-refractivity contribution in [3.05, 3.63) is 35.4 Å². The summed E-state index contributed by atoms with van der Waals surface area (Å²) >= 11 is 0. The zero-order valence-electron chi connectivity index (χ0n) is 7.89. The first-order valence-electron chi connectivity index (χ1n) is 4.93. The van der Waals surface area contributed by atoms with Crippen molar-refractivity contribution in [2.75, 3.05) is 6.54 Å². The van der Waals surface area contributed by atoms with Gasteiger partial charge in [0.25, 0.3) is 0 Å². The highest BCUT2D eigenvalue weighted by Gasteiger charge is 2.19. The molecule has 1 N–H and O–H groups in total. The monoisotopic (exact) mass is 197 g/mol. The first-order chi connectivity index (χ1) is 6.75. The second-order valence-corrected chi connectivity index (χ2v) is 3.71. The Morgan fingerprint density at radius 2 is 2.07 bits per heavy atom. The molecule has 2 rings (SSSR count). The van der Waals surface area contributed by atoms with Gasteiger partial charge in [-0.2, -0.15) is 0 Å². The van der Waals surface area contributed by atoms with Gasteiger partial charge in [0.15, 0.2) is 0 Å². The minimum atomic E-state index is -0.513. The quantitative estimate of drug-likeness (QED) is 0.780. The zero-order chi connectivity index (χ0) is 9.97. The summed E-state index contributed by atoms with van der Waals surface area (Å²) in [5.74, 6) is -0.955. The molecule has 0 unspecified atom stereocenters. The molecule has 14 heavy (non-hydrogen) atoms. The summed E-state index contributed by atoms with van der Waals surface area (Å²) in [5.41, 5.74) is 0.583. The number of nitrogens with one attached hydrogen (secondary N) is 1. The smallest absolute Gasteiger partial charge is 0.129 e. The van der Waals surface area contributed by atoms with Crippen LogP contribution in [0.15, 0.2) is 18.2 Å². The fourth-order valence-corrected chi connectivity index (χ4v) is 1.42. The van der Waals surface area contributed by atoms with Crippen molar-refractivity contribution in [1.29, 1.82) is 0 Å². The van der Waals surface area contributed by atoms with Gasteiger partial charge in [0.05, 0.1) is 0 Å². The van der Waals surface area contributed by atoms with Gasteiger partial charge in [-0.15, -0.1) is 0 Å². The molecule has 0 spiro atoms. The molecule has 1 nitrogen and oxygen atoms in total. The fourth-order valence-electron chi connectivity index (χ4n) is 1.42. The molecule has 0 radical (unpaired) electrons. The Kier molecular flexibility index (Phi) is 2.77. The Balaban J connectivity index is 1.87. The normalized spacial score (nSPS) is 15.9. The van der Waals surface area contributed by atoms with Gasteiger partial charge in [-0.05, 0) is 37.4 Å². The number of halogens is 2. The number of hydrogen-bond donors (Lipinski definition) is 1. The molecule has 3 heteroatoms. The molecular formula is C11H13F2N. The lowest BCUT2D eigenvalue weighted by Crippen LogP contribution is -2.19. The van der Waals surface area contributed by atoms with Crippen LogP contribution in [0.5, 0.6) is 0 Å². The van der Waals surface area contributed by atoms with Crippen LogP contribution in [0, 0.1) is 11.6 Å². The van der Waals surface area contributed by atoms with Crippen LogP contribution in [-0.2, 0) is 6.42 Å². The largest absolute Gasteiger partial charge is 0.314 e. The summed E-state index contributed by atoms with van der Waals surface area (Å²) < 4.78 is 25.7. The third-order valence-corrected chi connectivity index (χ3v) is 2.42. The lowest BCUT2D eigenvalue weighted by Gasteiger charge is -2.04. The van der Waals surface area contributed by atoms with E-state index in [9.17, 15) is 8.78 Å². The van der Waals surface area contributed by atoms with Crippen LogP contribution in [0.1, 0.15) is 18.4 Å². The molecule has 0 amide bonds. The molecule has 0 saturated heterocycles. The van der Waals surface area contributed by atoms with Crippen LogP contribution in [0.2, 0.25) is 0 Å². The Morgan fingerprint density at radius 3 is 2.71 bits per heavy atom. The lowest BCUT2D eigenvalue weighted by molar-refractivity contribution is 0.566. The van der Waals surface area contributed by atoms with Crippen molar-refractivity contribution in [3.8, 4) is 0 Å². The third kappa shape index (κ3) is 2.51. The van der Waals surface area contributed by atoms with Crippen LogP contribution in [0.25, 0.3) is 0 Å². The van der Waals surface area contributed by atoms with Gasteiger partial charge in [0, 0.05) is 12.1 Å². The van der Waals surface area contributed by atoms with Gasteiger partial charge < -0.3 is 5.32 Å². The van der Waals surface area contributed by atoms with Gasteiger partial charge >= 0.3 is 0 Å². The van der Waals surface area contributed by atoms with Crippen LogP contribution in [-0.4, -0.2) is 12.6 Å². The molecule has 1 aromatic rings. The number of benzene rings is 1. The Bertz CT molecular complexity index is 321. The predicted octanol–water partition coefficient (Wildman–Crippen LogP) is 2.26. The van der Waals surface area contributed by atoms with Crippen molar-refractivity contribution < 1.29 is 8.78 Å². The van der Waals surface area contributed by atoms with E-state index in [-0.39, 0.29) is 0 Å². The first kappa shape index (κ1) is 9.59. The van der Waals surface area contributed by atoms with Crippen LogP contribution < -0.4 is 5.32 Å². The molecule has 0 aromatic heterocycles. The van der Waals surface area contributed by atoms with Crippen LogP contribution >= 0.6 is 0 Å². The predicted molar refractivity (Wildman–Crippen MR) is 51.1 cm³/mol. The standard InChI is InChI=1S/C11H13F2N/c12-9-2-1-8(11(13)7-9)5-6-14-10-3-4-10/h1-2,7,10,14H,3-6H2. The van der Waals surface area contributed by atoms with E-state index in [4.69, 9.17) is 0 Å². The van der Waals surface area contributed by atoms with Crippen molar-refractivity contribution in [2.45, 2.75) is 25.3 Å². The summed E-state index contributed by atoms with van der Waals surface area (Å²) in [6.45, 7) is 0.771. The first-order valence-corrected chi connectivity index (χ1v) is 4.93. The maximum absolute atomic E-state index is 13.1. The zero-order valence-corrected chi connectivity index (χ0v) is 7.89. The van der Waals surface area contributed by atoms with E-state index in [0.29, 0.717) is 18.0 Å². The second-order valence-electron chi connectivity index (χ2n) is 3.71. The molecule has 1 fully saturated rings. The number of hydrogen-bond acceptors (Lipinski definition) is 1. The molecule has 1 saturated carbocycles. The van der Waals surface area contributed by atoms with E-state index in [1.807, 2.05) is 0 Å². The molecule has 1 aliphatic carbocycles. The van der Waals surface area contributed by atoms with E-state index in [0.717, 1.165) is 12.6 Å². The van der Waals surface area contributed by atoms with Gasteiger partial charge in [-0.1, -0.05) is 6.07 Å². The second kappa shape index (κ2) is 4.05. The van der Waals surface area contributed by atoms with Crippen LogP contribution in [0.4, 0.5) is 8.78 Å². The Hall–Kier alpha value is -0.960. The summed E-state index contributed by atoms with van der Waals surface area (Å²) in [6.07, 6.45) is 3.08. The Morgan fingerprint density at radius 1 is 1.29 bits per heavy atom. The van der Waals surface area contributed by atoms with Gasteiger partial charge in [-0.25, -0.2) is 8.78 Å². The highest BCUT2D eigenvalue weighted by atomic mass is 19.1. The average molecular weight is 197 g/mol. The molecule has 1 aliphatic rings. The van der Waals surface area contributed by atoms with Crippen molar-refractivity contribution in [2.24, 2.45) is 0 Å². The van der Waals surface area contributed by atoms with E-state index in [2.05, 4.69) is 5.32 Å². The summed E-state index contributed by atoms with van der Waals surface area (Å²) in [5, 5.41) is 3.29. The van der Waals surface area contributed by atoms with E-state index < -0.39 is 11.6 Å².